The van der Waals surface area contributed by atoms with Crippen molar-refractivity contribution in [1.82, 2.24) is 15.0 Å². The number of hydrogen-bond donors (Lipinski definition) is 0. The summed E-state index contributed by atoms with van der Waals surface area (Å²) in [5, 5.41) is 1.27. The van der Waals surface area contributed by atoms with Gasteiger partial charge in [0.25, 0.3) is 0 Å². The van der Waals surface area contributed by atoms with Gasteiger partial charge in [-0.2, -0.15) is 0 Å². The highest BCUT2D eigenvalue weighted by molar-refractivity contribution is 6.74. The van der Waals surface area contributed by atoms with Gasteiger partial charge in [-0.25, -0.2) is 9.97 Å². The van der Waals surface area contributed by atoms with E-state index in [0.29, 0.717) is 0 Å². The minimum absolute atomic E-state index is 0.155. The van der Waals surface area contributed by atoms with Gasteiger partial charge < -0.3 is 4.43 Å². The largest absolute Gasteiger partial charge is 0.543 e. The molecular formula is C30H45N3OSi. The van der Waals surface area contributed by atoms with E-state index in [1.807, 2.05) is 18.3 Å². The van der Waals surface area contributed by atoms with Crippen LogP contribution in [0.25, 0.3) is 22.3 Å². The van der Waals surface area contributed by atoms with Gasteiger partial charge in [0.15, 0.2) is 5.82 Å². The zero-order valence-corrected chi connectivity index (χ0v) is 23.9. The van der Waals surface area contributed by atoms with Crippen LogP contribution in [0.1, 0.15) is 91.2 Å². The Balaban J connectivity index is 1.78. The van der Waals surface area contributed by atoms with Gasteiger partial charge >= 0.3 is 0 Å². The summed E-state index contributed by atoms with van der Waals surface area (Å²) in [7, 11) is -1.92. The second-order valence-corrected chi connectivity index (χ2v) is 16.1. The van der Waals surface area contributed by atoms with Crippen LogP contribution in [0, 0.1) is 0 Å². The molecule has 0 atom stereocenters. The normalized spacial score (nSPS) is 12.3. The molecular weight excluding hydrogens is 446 g/mol. The van der Waals surface area contributed by atoms with Crippen molar-refractivity contribution >= 4 is 19.2 Å². The van der Waals surface area contributed by atoms with Crippen molar-refractivity contribution in [3.8, 4) is 17.1 Å². The summed E-state index contributed by atoms with van der Waals surface area (Å²) in [6.45, 7) is 13.7. The molecule has 0 amide bonds. The minimum atomic E-state index is -1.92. The number of unbranched alkanes of at least 4 members (excludes halogenated alkanes) is 8. The van der Waals surface area contributed by atoms with Gasteiger partial charge in [0.2, 0.25) is 8.32 Å². The number of pyridine rings is 1. The highest BCUT2D eigenvalue weighted by atomic mass is 28.4. The summed E-state index contributed by atoms with van der Waals surface area (Å²) in [6, 6.07) is 10.3. The predicted molar refractivity (Wildman–Crippen MR) is 152 cm³/mol. The zero-order chi connectivity index (χ0) is 25.3. The summed E-state index contributed by atoms with van der Waals surface area (Å²) in [5.41, 5.74) is 3.06. The van der Waals surface area contributed by atoms with Crippen molar-refractivity contribution in [1.29, 1.82) is 0 Å². The molecule has 3 aromatic rings. The first-order valence-corrected chi connectivity index (χ1v) is 16.5. The van der Waals surface area contributed by atoms with Gasteiger partial charge in [0.05, 0.1) is 11.2 Å². The van der Waals surface area contributed by atoms with Gasteiger partial charge in [0, 0.05) is 23.3 Å². The molecule has 0 radical (unpaired) electrons. The molecule has 0 aliphatic rings. The molecule has 0 aliphatic heterocycles. The maximum absolute atomic E-state index is 6.62. The molecule has 0 unspecified atom stereocenters. The molecule has 1 aromatic carbocycles. The molecule has 3 rings (SSSR count). The molecule has 35 heavy (non-hydrogen) atoms. The Hall–Kier alpha value is -2.27. The fraction of sp³-hybridized carbons (Fsp3) is 0.567. The lowest BCUT2D eigenvalue weighted by Gasteiger charge is -2.36. The first-order chi connectivity index (χ1) is 16.7. The smallest absolute Gasteiger partial charge is 0.250 e. The fourth-order valence-corrected chi connectivity index (χ4v) is 5.12. The van der Waals surface area contributed by atoms with E-state index in [2.05, 4.69) is 64.0 Å². The van der Waals surface area contributed by atoms with Crippen LogP contribution in [-0.2, 0) is 6.42 Å². The van der Waals surface area contributed by atoms with Crippen molar-refractivity contribution in [2.45, 2.75) is 110 Å². The van der Waals surface area contributed by atoms with Crippen molar-refractivity contribution in [3.63, 3.8) is 0 Å². The number of nitrogens with zero attached hydrogens (tertiary/aromatic N) is 3. The standard InChI is InChI=1S/C30H45N3OSi/c1-7-8-9-10-11-12-13-14-15-18-27-26-22-25(34-35(5,6)30(2,3)4)19-20-28(26)33-29(32-27)24-17-16-21-31-23-24/h16-17,19-23H,7-15,18H2,1-6H3. The third-order valence-corrected chi connectivity index (χ3v) is 11.7. The van der Waals surface area contributed by atoms with Crippen LogP contribution >= 0.6 is 0 Å². The van der Waals surface area contributed by atoms with Crippen LogP contribution < -0.4 is 4.43 Å². The Bertz CT molecular complexity index is 1060. The first-order valence-electron chi connectivity index (χ1n) is 13.6. The Morgan fingerprint density at radius 2 is 1.54 bits per heavy atom. The average Bonchev–Trinajstić information content (AvgIpc) is 2.82. The summed E-state index contributed by atoms with van der Waals surface area (Å²) in [6.07, 6.45) is 16.5. The molecule has 0 fully saturated rings. The Morgan fingerprint density at radius 1 is 0.857 bits per heavy atom. The molecule has 0 bridgehead atoms. The van der Waals surface area contributed by atoms with Crippen LogP contribution in [0.3, 0.4) is 0 Å². The van der Waals surface area contributed by atoms with Gasteiger partial charge in [-0.15, -0.1) is 0 Å². The maximum Gasteiger partial charge on any atom is 0.250 e. The topological polar surface area (TPSA) is 47.9 Å². The van der Waals surface area contributed by atoms with Crippen molar-refractivity contribution in [2.24, 2.45) is 0 Å². The van der Waals surface area contributed by atoms with Crippen molar-refractivity contribution < 1.29 is 4.43 Å². The third-order valence-electron chi connectivity index (χ3n) is 7.36. The van der Waals surface area contributed by atoms with E-state index < -0.39 is 8.32 Å². The Labute approximate surface area is 214 Å². The van der Waals surface area contributed by atoms with Crippen LogP contribution in [0.5, 0.6) is 5.75 Å². The number of hydrogen-bond acceptors (Lipinski definition) is 4. The first kappa shape index (κ1) is 27.3. The van der Waals surface area contributed by atoms with E-state index in [-0.39, 0.29) is 5.04 Å². The molecule has 0 saturated carbocycles. The van der Waals surface area contributed by atoms with Crippen LogP contribution in [0.15, 0.2) is 42.7 Å². The summed E-state index contributed by atoms with van der Waals surface area (Å²) in [5.74, 6) is 1.70. The molecule has 5 heteroatoms. The number of aromatic nitrogens is 3. The lowest BCUT2D eigenvalue weighted by molar-refractivity contribution is 0.492. The summed E-state index contributed by atoms with van der Waals surface area (Å²) >= 11 is 0. The van der Waals surface area contributed by atoms with E-state index >= 15 is 0 Å². The second kappa shape index (κ2) is 12.6. The van der Waals surface area contributed by atoms with E-state index in [9.17, 15) is 0 Å². The van der Waals surface area contributed by atoms with E-state index in [4.69, 9.17) is 14.4 Å². The van der Waals surface area contributed by atoms with Crippen molar-refractivity contribution in [2.75, 3.05) is 0 Å². The number of benzene rings is 1. The van der Waals surface area contributed by atoms with E-state index in [1.165, 1.54) is 51.4 Å². The van der Waals surface area contributed by atoms with Crippen molar-refractivity contribution in [3.05, 3.63) is 48.4 Å². The lowest BCUT2D eigenvalue weighted by atomic mass is 10.0. The molecule has 2 aromatic heterocycles. The monoisotopic (exact) mass is 491 g/mol. The van der Waals surface area contributed by atoms with Crippen LogP contribution in [-0.4, -0.2) is 23.3 Å². The average molecular weight is 492 g/mol. The Morgan fingerprint density at radius 3 is 2.17 bits per heavy atom. The van der Waals surface area contributed by atoms with E-state index in [1.54, 1.807) is 6.20 Å². The fourth-order valence-electron chi connectivity index (χ4n) is 4.10. The Kier molecular flexibility index (Phi) is 9.85. The van der Waals surface area contributed by atoms with E-state index in [0.717, 1.165) is 46.6 Å². The van der Waals surface area contributed by atoms with Gasteiger partial charge in [-0.1, -0.05) is 79.1 Å². The molecule has 4 nitrogen and oxygen atoms in total. The quantitative estimate of drug-likeness (QED) is 0.177. The highest BCUT2D eigenvalue weighted by Crippen LogP contribution is 2.38. The molecule has 2 heterocycles. The minimum Gasteiger partial charge on any atom is -0.543 e. The molecule has 190 valence electrons. The van der Waals surface area contributed by atoms with Crippen LogP contribution in [0.2, 0.25) is 18.1 Å². The van der Waals surface area contributed by atoms with Crippen LogP contribution in [0.4, 0.5) is 0 Å². The number of fused-ring (bicyclic) bond motifs is 1. The van der Waals surface area contributed by atoms with Gasteiger partial charge in [0.1, 0.15) is 5.75 Å². The molecule has 0 saturated heterocycles. The number of aryl methyl sites for hydroxylation is 1. The van der Waals surface area contributed by atoms with Gasteiger partial charge in [-0.05, 0) is 61.3 Å². The second-order valence-electron chi connectivity index (χ2n) is 11.4. The lowest BCUT2D eigenvalue weighted by Crippen LogP contribution is -2.43. The summed E-state index contributed by atoms with van der Waals surface area (Å²) < 4.78 is 6.62. The zero-order valence-electron chi connectivity index (χ0n) is 22.9. The summed E-state index contributed by atoms with van der Waals surface area (Å²) in [4.78, 5) is 14.2. The van der Waals surface area contributed by atoms with Gasteiger partial charge in [-0.3, -0.25) is 4.98 Å². The molecule has 0 spiro atoms. The third kappa shape index (κ3) is 7.86. The SMILES string of the molecule is CCCCCCCCCCCc1nc(-c2cccnc2)nc2ccc(O[Si](C)(C)C(C)(C)C)cc12. The number of rotatable bonds is 13. The maximum atomic E-state index is 6.62. The molecule has 0 N–H and O–H groups in total. The molecule has 0 aliphatic carbocycles. The predicted octanol–water partition coefficient (Wildman–Crippen LogP) is 9.15. The highest BCUT2D eigenvalue weighted by Gasteiger charge is 2.39.